The Morgan fingerprint density at radius 2 is 2.11 bits per heavy atom. The van der Waals surface area contributed by atoms with Crippen molar-refractivity contribution in [2.75, 3.05) is 5.32 Å². The van der Waals surface area contributed by atoms with E-state index < -0.39 is 5.91 Å². The van der Waals surface area contributed by atoms with Gasteiger partial charge in [-0.25, -0.2) is 4.98 Å². The Kier molecular flexibility index (Phi) is 3.91. The molecular formula is C13H13N3O2S. The lowest BCUT2D eigenvalue weighted by atomic mass is 10.1. The Morgan fingerprint density at radius 1 is 1.37 bits per heavy atom. The molecule has 0 fully saturated rings. The molecule has 0 atom stereocenters. The van der Waals surface area contributed by atoms with Crippen molar-refractivity contribution in [2.45, 2.75) is 13.3 Å². The normalized spacial score (nSPS) is 10.2. The molecule has 19 heavy (non-hydrogen) atoms. The molecule has 3 N–H and O–H groups in total. The fraction of sp³-hybridized carbons (Fsp3) is 0.154. The van der Waals surface area contributed by atoms with Gasteiger partial charge < -0.3 is 11.1 Å². The van der Waals surface area contributed by atoms with Gasteiger partial charge in [0, 0.05) is 4.88 Å². The second kappa shape index (κ2) is 5.62. The number of nitrogens with one attached hydrogen (secondary N) is 1. The van der Waals surface area contributed by atoms with E-state index in [-0.39, 0.29) is 12.3 Å². The fourth-order valence-corrected chi connectivity index (χ4v) is 2.42. The number of rotatable bonds is 4. The lowest BCUT2D eigenvalue weighted by Crippen LogP contribution is -2.19. The summed E-state index contributed by atoms with van der Waals surface area (Å²) >= 11 is 1.44. The first kappa shape index (κ1) is 13.2. The van der Waals surface area contributed by atoms with Gasteiger partial charge >= 0.3 is 0 Å². The van der Waals surface area contributed by atoms with Crippen LogP contribution < -0.4 is 11.1 Å². The van der Waals surface area contributed by atoms with Gasteiger partial charge in [0.15, 0.2) is 0 Å². The van der Waals surface area contributed by atoms with E-state index in [1.165, 1.54) is 11.3 Å². The summed E-state index contributed by atoms with van der Waals surface area (Å²) in [5.74, 6) is -0.758. The predicted molar refractivity (Wildman–Crippen MR) is 74.1 cm³/mol. The maximum Gasteiger partial charge on any atom is 0.250 e. The van der Waals surface area contributed by atoms with E-state index in [1.54, 1.807) is 29.8 Å². The molecule has 0 aliphatic carbocycles. The van der Waals surface area contributed by atoms with Crippen molar-refractivity contribution in [3.05, 3.63) is 45.9 Å². The first-order chi connectivity index (χ1) is 9.08. The maximum absolute atomic E-state index is 11.9. The molecule has 5 nitrogen and oxygen atoms in total. The van der Waals surface area contributed by atoms with Crippen molar-refractivity contribution in [3.8, 4) is 0 Å². The lowest BCUT2D eigenvalue weighted by Gasteiger charge is -2.08. The summed E-state index contributed by atoms with van der Waals surface area (Å²) in [6, 6.07) is 6.66. The highest BCUT2D eigenvalue weighted by Crippen LogP contribution is 2.17. The standard InChI is InChI=1S/C13H13N3O2S/c1-8-11(19-7-15-8)6-12(17)16-10-5-3-2-4-9(10)13(14)18/h2-5,7H,6H2,1H3,(H2,14,18)(H,16,17). The topological polar surface area (TPSA) is 85.1 Å². The lowest BCUT2D eigenvalue weighted by molar-refractivity contribution is -0.115. The molecule has 0 spiro atoms. The molecule has 0 aliphatic heterocycles. The van der Waals surface area contributed by atoms with Gasteiger partial charge in [-0.15, -0.1) is 11.3 Å². The smallest absolute Gasteiger partial charge is 0.250 e. The molecule has 0 radical (unpaired) electrons. The van der Waals surface area contributed by atoms with Gasteiger partial charge in [-0.3, -0.25) is 9.59 Å². The maximum atomic E-state index is 11.9. The van der Waals surface area contributed by atoms with E-state index in [0.717, 1.165) is 10.6 Å². The van der Waals surface area contributed by atoms with Crippen molar-refractivity contribution in [3.63, 3.8) is 0 Å². The fourth-order valence-electron chi connectivity index (χ4n) is 1.64. The van der Waals surface area contributed by atoms with E-state index in [4.69, 9.17) is 5.73 Å². The Bertz CT molecular complexity index is 622. The van der Waals surface area contributed by atoms with Gasteiger partial charge in [-0.2, -0.15) is 0 Å². The second-order valence-corrected chi connectivity index (χ2v) is 4.94. The number of para-hydroxylation sites is 1. The summed E-state index contributed by atoms with van der Waals surface area (Å²) in [5.41, 5.74) is 8.54. The van der Waals surface area contributed by atoms with Gasteiger partial charge in [0.2, 0.25) is 5.91 Å². The van der Waals surface area contributed by atoms with Crippen LogP contribution in [0.15, 0.2) is 29.8 Å². The van der Waals surface area contributed by atoms with E-state index >= 15 is 0 Å². The van der Waals surface area contributed by atoms with Gasteiger partial charge in [-0.1, -0.05) is 12.1 Å². The molecular weight excluding hydrogens is 262 g/mol. The largest absolute Gasteiger partial charge is 0.366 e. The number of anilines is 1. The third-order valence-corrected chi connectivity index (χ3v) is 3.57. The summed E-state index contributed by atoms with van der Waals surface area (Å²) in [4.78, 5) is 28.2. The van der Waals surface area contributed by atoms with E-state index in [1.807, 2.05) is 6.92 Å². The van der Waals surface area contributed by atoms with Crippen LogP contribution in [0.5, 0.6) is 0 Å². The van der Waals surface area contributed by atoms with Crippen LogP contribution in [0.3, 0.4) is 0 Å². The summed E-state index contributed by atoms with van der Waals surface area (Å²) in [7, 11) is 0. The van der Waals surface area contributed by atoms with Crippen LogP contribution in [-0.4, -0.2) is 16.8 Å². The molecule has 2 aromatic rings. The average Bonchev–Trinajstić information content (AvgIpc) is 2.75. The Balaban J connectivity index is 2.11. The van der Waals surface area contributed by atoms with Gasteiger partial charge in [-0.05, 0) is 19.1 Å². The van der Waals surface area contributed by atoms with Crippen LogP contribution in [0.4, 0.5) is 5.69 Å². The minimum absolute atomic E-state index is 0.193. The van der Waals surface area contributed by atoms with Crippen molar-refractivity contribution >= 4 is 28.8 Å². The molecule has 0 saturated carbocycles. The molecule has 0 saturated heterocycles. The molecule has 1 heterocycles. The highest BCUT2D eigenvalue weighted by molar-refractivity contribution is 7.09. The Hall–Kier alpha value is -2.21. The highest BCUT2D eigenvalue weighted by atomic mass is 32.1. The summed E-state index contributed by atoms with van der Waals surface area (Å²) < 4.78 is 0. The molecule has 6 heteroatoms. The first-order valence-electron chi connectivity index (χ1n) is 5.65. The van der Waals surface area contributed by atoms with Gasteiger partial charge in [0.05, 0.1) is 28.9 Å². The van der Waals surface area contributed by atoms with E-state index in [9.17, 15) is 9.59 Å². The van der Waals surface area contributed by atoms with Crippen LogP contribution in [-0.2, 0) is 11.2 Å². The Labute approximate surface area is 114 Å². The number of carbonyl (C=O) groups is 2. The van der Waals surface area contributed by atoms with Crippen LogP contribution in [0.2, 0.25) is 0 Å². The van der Waals surface area contributed by atoms with Gasteiger partial charge in [0.1, 0.15) is 0 Å². The number of amides is 2. The molecule has 0 aliphatic rings. The zero-order chi connectivity index (χ0) is 13.8. The summed E-state index contributed by atoms with van der Waals surface area (Å²) in [6.07, 6.45) is 0.240. The van der Waals surface area contributed by atoms with Crippen LogP contribution in [0.1, 0.15) is 20.9 Å². The number of aryl methyl sites for hydroxylation is 1. The highest BCUT2D eigenvalue weighted by Gasteiger charge is 2.12. The van der Waals surface area contributed by atoms with E-state index in [2.05, 4.69) is 10.3 Å². The quantitative estimate of drug-likeness (QED) is 0.891. The van der Waals surface area contributed by atoms with Gasteiger partial charge in [0.25, 0.3) is 5.91 Å². The van der Waals surface area contributed by atoms with Crippen LogP contribution in [0, 0.1) is 6.92 Å². The summed E-state index contributed by atoms with van der Waals surface area (Å²) in [5, 5.41) is 2.70. The number of thiazole rings is 1. The van der Waals surface area contributed by atoms with Crippen molar-refractivity contribution in [2.24, 2.45) is 5.73 Å². The number of nitrogens with two attached hydrogens (primary N) is 1. The molecule has 98 valence electrons. The number of nitrogens with zero attached hydrogens (tertiary/aromatic N) is 1. The van der Waals surface area contributed by atoms with Crippen LogP contribution >= 0.6 is 11.3 Å². The molecule has 0 bridgehead atoms. The monoisotopic (exact) mass is 275 g/mol. The molecule has 0 unspecified atom stereocenters. The molecule has 2 amide bonds. The van der Waals surface area contributed by atoms with Crippen LogP contribution in [0.25, 0.3) is 0 Å². The van der Waals surface area contributed by atoms with E-state index in [0.29, 0.717) is 11.3 Å². The predicted octanol–water partition coefficient (Wildman–Crippen LogP) is 1.73. The number of hydrogen-bond donors (Lipinski definition) is 2. The van der Waals surface area contributed by atoms with Crippen molar-refractivity contribution < 1.29 is 9.59 Å². The molecule has 1 aromatic heterocycles. The third kappa shape index (κ3) is 3.17. The number of benzene rings is 1. The number of primary amides is 1. The Morgan fingerprint density at radius 3 is 2.74 bits per heavy atom. The zero-order valence-electron chi connectivity index (χ0n) is 10.3. The second-order valence-electron chi connectivity index (χ2n) is 4.00. The average molecular weight is 275 g/mol. The summed E-state index contributed by atoms with van der Waals surface area (Å²) in [6.45, 7) is 1.86. The SMILES string of the molecule is Cc1ncsc1CC(=O)Nc1ccccc1C(N)=O. The molecule has 2 rings (SSSR count). The minimum atomic E-state index is -0.565. The number of carbonyl (C=O) groups excluding carboxylic acids is 2. The third-order valence-electron chi connectivity index (χ3n) is 2.63. The zero-order valence-corrected chi connectivity index (χ0v) is 11.2. The molecule has 1 aromatic carbocycles. The number of hydrogen-bond acceptors (Lipinski definition) is 4. The number of aromatic nitrogens is 1. The minimum Gasteiger partial charge on any atom is -0.366 e. The van der Waals surface area contributed by atoms with Crippen molar-refractivity contribution in [1.29, 1.82) is 0 Å². The van der Waals surface area contributed by atoms with Crippen molar-refractivity contribution in [1.82, 2.24) is 4.98 Å². The first-order valence-corrected chi connectivity index (χ1v) is 6.53.